The van der Waals surface area contributed by atoms with Crippen molar-refractivity contribution in [2.24, 2.45) is 0 Å². The van der Waals surface area contributed by atoms with Crippen molar-refractivity contribution in [1.29, 1.82) is 0 Å². The quantitative estimate of drug-likeness (QED) is 0.641. The molecule has 0 aliphatic carbocycles. The number of rotatable bonds is 5. The van der Waals surface area contributed by atoms with Gasteiger partial charge in [0.2, 0.25) is 10.0 Å². The Hall–Kier alpha value is -1.06. The molecule has 0 spiro atoms. The van der Waals surface area contributed by atoms with Crippen LogP contribution in [0.1, 0.15) is 5.56 Å². The molecule has 0 bridgehead atoms. The van der Waals surface area contributed by atoms with Crippen LogP contribution in [0.2, 0.25) is 5.15 Å². The second-order valence-corrected chi connectivity index (χ2v) is 9.22. The monoisotopic (exact) mass is 461 g/mol. The lowest BCUT2D eigenvalue weighted by Crippen LogP contribution is -2.49. The van der Waals surface area contributed by atoms with Gasteiger partial charge in [-0.15, -0.1) is 0 Å². The van der Waals surface area contributed by atoms with E-state index in [-0.39, 0.29) is 15.9 Å². The third kappa shape index (κ3) is 4.61. The first-order chi connectivity index (χ1) is 12.4. The average Bonchev–Trinajstić information content (AvgIpc) is 2.64. The Morgan fingerprint density at radius 1 is 1.15 bits per heavy atom. The van der Waals surface area contributed by atoms with Crippen LogP contribution in [0.15, 0.2) is 45.9 Å². The number of hydrogen-bond donors (Lipinski definition) is 0. The Kier molecular flexibility index (Phi) is 6.29. The van der Waals surface area contributed by atoms with Gasteiger partial charge in [0.25, 0.3) is 0 Å². The second-order valence-electron chi connectivity index (χ2n) is 6.07. The van der Waals surface area contributed by atoms with Crippen molar-refractivity contribution < 1.29 is 12.8 Å². The number of pyridine rings is 1. The van der Waals surface area contributed by atoms with Crippen molar-refractivity contribution in [3.05, 3.63) is 57.5 Å². The van der Waals surface area contributed by atoms with Crippen LogP contribution >= 0.6 is 27.5 Å². The van der Waals surface area contributed by atoms with Crippen molar-refractivity contribution in [3.63, 3.8) is 0 Å². The molecular formula is C17H18BrClFN3O2S. The van der Waals surface area contributed by atoms with Gasteiger partial charge in [-0.1, -0.05) is 23.7 Å². The fourth-order valence-electron chi connectivity index (χ4n) is 2.83. The molecule has 0 atom stereocenters. The maximum absolute atomic E-state index is 12.9. The summed E-state index contributed by atoms with van der Waals surface area (Å²) in [4.78, 5) is 6.25. The average molecular weight is 463 g/mol. The highest BCUT2D eigenvalue weighted by Gasteiger charge is 2.29. The maximum atomic E-state index is 12.9. The van der Waals surface area contributed by atoms with E-state index in [9.17, 15) is 12.8 Å². The van der Waals surface area contributed by atoms with E-state index in [4.69, 9.17) is 11.6 Å². The van der Waals surface area contributed by atoms with E-state index in [1.165, 1.54) is 28.7 Å². The number of halogens is 3. The van der Waals surface area contributed by atoms with Gasteiger partial charge in [0, 0.05) is 38.9 Å². The van der Waals surface area contributed by atoms with Crippen molar-refractivity contribution in [3.8, 4) is 0 Å². The van der Waals surface area contributed by atoms with Crippen molar-refractivity contribution in [2.45, 2.75) is 11.3 Å². The lowest BCUT2D eigenvalue weighted by Gasteiger charge is -2.34. The summed E-state index contributed by atoms with van der Waals surface area (Å²) in [5.41, 5.74) is 1.07. The van der Waals surface area contributed by atoms with Crippen LogP contribution in [0.4, 0.5) is 4.39 Å². The van der Waals surface area contributed by atoms with Crippen LogP contribution in [0.3, 0.4) is 0 Å². The van der Waals surface area contributed by atoms with Gasteiger partial charge in [-0.25, -0.2) is 17.8 Å². The Balaban J connectivity index is 1.57. The zero-order chi connectivity index (χ0) is 18.7. The molecule has 5 nitrogen and oxygen atoms in total. The first kappa shape index (κ1) is 19.7. The van der Waals surface area contributed by atoms with E-state index in [0.717, 1.165) is 18.5 Å². The van der Waals surface area contributed by atoms with Crippen LogP contribution in [0, 0.1) is 5.82 Å². The number of benzene rings is 1. The van der Waals surface area contributed by atoms with Gasteiger partial charge < -0.3 is 4.90 Å². The van der Waals surface area contributed by atoms with Gasteiger partial charge in [0.15, 0.2) is 0 Å². The first-order valence-electron chi connectivity index (χ1n) is 8.14. The van der Waals surface area contributed by atoms with Crippen molar-refractivity contribution in [2.75, 3.05) is 32.7 Å². The highest BCUT2D eigenvalue weighted by atomic mass is 79.9. The molecule has 140 valence electrons. The normalized spacial score (nSPS) is 16.7. The molecule has 2 aromatic rings. The summed E-state index contributed by atoms with van der Waals surface area (Å²) < 4.78 is 40.3. The Bertz CT molecular complexity index is 872. The van der Waals surface area contributed by atoms with Crippen molar-refractivity contribution >= 4 is 37.6 Å². The van der Waals surface area contributed by atoms with Crippen LogP contribution in [0.5, 0.6) is 0 Å². The van der Waals surface area contributed by atoms with Gasteiger partial charge in [0.1, 0.15) is 15.9 Å². The molecule has 0 saturated carbocycles. The minimum absolute atomic E-state index is 0.133. The van der Waals surface area contributed by atoms with E-state index in [1.807, 2.05) is 0 Å². The zero-order valence-electron chi connectivity index (χ0n) is 13.9. The number of sulfonamides is 1. The third-order valence-corrected chi connectivity index (χ3v) is 7.37. The predicted molar refractivity (Wildman–Crippen MR) is 102 cm³/mol. The Morgan fingerprint density at radius 3 is 2.42 bits per heavy atom. The molecule has 1 aliphatic rings. The van der Waals surface area contributed by atoms with E-state index >= 15 is 0 Å². The number of hydrogen-bond acceptors (Lipinski definition) is 4. The lowest BCUT2D eigenvalue weighted by atomic mass is 10.1. The van der Waals surface area contributed by atoms with Gasteiger partial charge in [-0.2, -0.15) is 4.31 Å². The molecule has 0 unspecified atom stereocenters. The van der Waals surface area contributed by atoms with Crippen LogP contribution < -0.4 is 0 Å². The second kappa shape index (κ2) is 8.31. The van der Waals surface area contributed by atoms with Gasteiger partial charge in [0.05, 0.1) is 4.47 Å². The zero-order valence-corrected chi connectivity index (χ0v) is 17.1. The number of nitrogens with zero attached hydrogens (tertiary/aromatic N) is 3. The molecule has 1 aromatic carbocycles. The summed E-state index contributed by atoms with van der Waals surface area (Å²) in [6.07, 6.45) is 2.09. The molecule has 1 aromatic heterocycles. The van der Waals surface area contributed by atoms with Gasteiger partial charge >= 0.3 is 0 Å². The molecule has 0 radical (unpaired) electrons. The number of aromatic nitrogens is 1. The van der Waals surface area contributed by atoms with E-state index in [2.05, 4.69) is 25.8 Å². The molecule has 0 N–H and O–H groups in total. The van der Waals surface area contributed by atoms with E-state index in [0.29, 0.717) is 30.7 Å². The smallest absolute Gasteiger partial charge is 0.244 e. The third-order valence-electron chi connectivity index (χ3n) is 4.37. The van der Waals surface area contributed by atoms with Crippen LogP contribution in [0.25, 0.3) is 0 Å². The summed E-state index contributed by atoms with van der Waals surface area (Å²) in [7, 11) is -3.58. The molecule has 1 aliphatic heterocycles. The largest absolute Gasteiger partial charge is 0.300 e. The fourth-order valence-corrected chi connectivity index (χ4v) is 4.82. The molecule has 1 fully saturated rings. The lowest BCUT2D eigenvalue weighted by molar-refractivity contribution is 0.190. The van der Waals surface area contributed by atoms with Crippen molar-refractivity contribution in [1.82, 2.24) is 14.2 Å². The molecule has 1 saturated heterocycles. The molecule has 3 rings (SSSR count). The van der Waals surface area contributed by atoms with E-state index < -0.39 is 10.0 Å². The predicted octanol–water partition coefficient (Wildman–Crippen LogP) is 3.19. The summed E-state index contributed by atoms with van der Waals surface area (Å²) in [5, 5.41) is 0.231. The maximum Gasteiger partial charge on any atom is 0.244 e. The minimum Gasteiger partial charge on any atom is -0.300 e. The summed E-state index contributed by atoms with van der Waals surface area (Å²) >= 11 is 9.05. The Labute approximate surface area is 166 Å². The molecule has 2 heterocycles. The topological polar surface area (TPSA) is 53.5 Å². The van der Waals surface area contributed by atoms with Gasteiger partial charge in [-0.05, 0) is 46.1 Å². The first-order valence-corrected chi connectivity index (χ1v) is 10.8. The van der Waals surface area contributed by atoms with Crippen LogP contribution in [-0.2, 0) is 16.4 Å². The van der Waals surface area contributed by atoms with E-state index in [1.54, 1.807) is 12.1 Å². The SMILES string of the molecule is O=S(=O)(c1cnc(Cl)c(Br)c1)N1CCN(CCc2ccc(F)cc2)CC1. The summed E-state index contributed by atoms with van der Waals surface area (Å²) in [5.74, 6) is -0.240. The standard InChI is InChI=1S/C17H18BrClFN3O2S/c18-16-11-15(12-21-17(16)19)26(24,25)23-9-7-22(8-10-23)6-5-13-1-3-14(20)4-2-13/h1-4,11-12H,5-10H2. The summed E-state index contributed by atoms with van der Waals surface area (Å²) in [6, 6.07) is 7.95. The summed E-state index contributed by atoms with van der Waals surface area (Å²) in [6.45, 7) is 2.97. The fraction of sp³-hybridized carbons (Fsp3) is 0.353. The van der Waals surface area contributed by atoms with Crippen LogP contribution in [-0.4, -0.2) is 55.3 Å². The molecule has 26 heavy (non-hydrogen) atoms. The molecular weight excluding hydrogens is 445 g/mol. The number of piperazine rings is 1. The Morgan fingerprint density at radius 2 is 1.81 bits per heavy atom. The highest BCUT2D eigenvalue weighted by Crippen LogP contribution is 2.25. The van der Waals surface area contributed by atoms with Gasteiger partial charge in [-0.3, -0.25) is 0 Å². The molecule has 9 heteroatoms. The minimum atomic E-state index is -3.58. The highest BCUT2D eigenvalue weighted by molar-refractivity contribution is 9.10. The molecule has 0 amide bonds.